The van der Waals surface area contributed by atoms with Gasteiger partial charge in [-0.2, -0.15) is 5.10 Å². The zero-order valence-electron chi connectivity index (χ0n) is 12.0. The predicted molar refractivity (Wildman–Crippen MR) is 87.3 cm³/mol. The number of piperidine rings is 1. The summed E-state index contributed by atoms with van der Waals surface area (Å²) in [5, 5.41) is 5.05. The van der Waals surface area contributed by atoms with Crippen LogP contribution in [0.5, 0.6) is 0 Å². The van der Waals surface area contributed by atoms with Gasteiger partial charge in [-0.15, -0.1) is 0 Å². The van der Waals surface area contributed by atoms with Gasteiger partial charge in [-0.05, 0) is 31.2 Å². The van der Waals surface area contributed by atoms with Gasteiger partial charge in [0.2, 0.25) is 0 Å². The van der Waals surface area contributed by atoms with Gasteiger partial charge in [0.25, 0.3) is 5.91 Å². The van der Waals surface area contributed by atoms with E-state index in [1.807, 2.05) is 0 Å². The van der Waals surface area contributed by atoms with Gasteiger partial charge in [0.1, 0.15) is 0 Å². The third kappa shape index (κ3) is 4.70. The number of likely N-dealkylation sites (tertiary alicyclic amines) is 1. The molecule has 0 unspecified atom stereocenters. The lowest BCUT2D eigenvalue weighted by Crippen LogP contribution is -2.35. The molecule has 0 aliphatic carbocycles. The molecule has 0 radical (unpaired) electrons. The lowest BCUT2D eigenvalue weighted by molar-refractivity contribution is 0.0954. The molecule has 0 aromatic heterocycles. The molecular weight excluding hydrogens is 309 g/mol. The number of carbonyl (C=O) groups is 1. The second-order valence-corrected chi connectivity index (χ2v) is 5.93. The van der Waals surface area contributed by atoms with Crippen molar-refractivity contribution < 1.29 is 4.79 Å². The quantitative estimate of drug-likeness (QED) is 0.859. The van der Waals surface area contributed by atoms with Crippen molar-refractivity contribution in [2.24, 2.45) is 5.10 Å². The van der Waals surface area contributed by atoms with Crippen LogP contribution in [-0.4, -0.2) is 36.2 Å². The average molecular weight is 328 g/mol. The van der Waals surface area contributed by atoms with Crippen LogP contribution in [0.15, 0.2) is 23.3 Å². The zero-order valence-corrected chi connectivity index (χ0v) is 13.5. The maximum Gasteiger partial charge on any atom is 0.272 e. The Morgan fingerprint density at radius 3 is 2.67 bits per heavy atom. The van der Waals surface area contributed by atoms with Crippen LogP contribution in [0, 0.1) is 0 Å². The first-order valence-corrected chi connectivity index (χ1v) is 7.89. The van der Waals surface area contributed by atoms with Crippen molar-refractivity contribution in [3.05, 3.63) is 33.8 Å². The Hall–Kier alpha value is -1.10. The maximum atomic E-state index is 12.0. The fourth-order valence-corrected chi connectivity index (χ4v) is 2.82. The second-order valence-electron chi connectivity index (χ2n) is 5.08. The number of hydrogen-bond donors (Lipinski definition) is 1. The molecule has 1 fully saturated rings. The van der Waals surface area contributed by atoms with Crippen LogP contribution in [0.4, 0.5) is 0 Å². The van der Waals surface area contributed by atoms with Crippen molar-refractivity contribution in [1.82, 2.24) is 10.3 Å². The van der Waals surface area contributed by atoms with Crippen molar-refractivity contribution >= 4 is 34.8 Å². The summed E-state index contributed by atoms with van der Waals surface area (Å²) in [6, 6.07) is 4.79. The highest BCUT2D eigenvalue weighted by Crippen LogP contribution is 2.20. The van der Waals surface area contributed by atoms with Gasteiger partial charge in [0, 0.05) is 36.7 Å². The molecular formula is C15H19Cl2N3O. The minimum atomic E-state index is -0.305. The summed E-state index contributed by atoms with van der Waals surface area (Å²) in [4.78, 5) is 14.4. The first-order valence-electron chi connectivity index (χ1n) is 7.13. The van der Waals surface area contributed by atoms with Crippen LogP contribution in [0.1, 0.15) is 36.5 Å². The number of nitrogens with zero attached hydrogens (tertiary/aromatic N) is 2. The normalized spacial score (nSPS) is 15.9. The van der Waals surface area contributed by atoms with E-state index in [0.717, 1.165) is 44.6 Å². The SMILES string of the molecule is CCCN1CCC(=NNC(=O)c2ccc(Cl)cc2Cl)CC1. The van der Waals surface area contributed by atoms with Gasteiger partial charge < -0.3 is 4.90 Å². The van der Waals surface area contributed by atoms with Gasteiger partial charge in [-0.1, -0.05) is 30.1 Å². The summed E-state index contributed by atoms with van der Waals surface area (Å²) in [5.74, 6) is -0.305. The van der Waals surface area contributed by atoms with Crippen molar-refractivity contribution in [2.75, 3.05) is 19.6 Å². The molecule has 114 valence electrons. The third-order valence-electron chi connectivity index (χ3n) is 3.46. The Bertz CT molecular complexity index is 536. The van der Waals surface area contributed by atoms with E-state index in [1.54, 1.807) is 18.2 Å². The lowest BCUT2D eigenvalue weighted by atomic mass is 10.1. The van der Waals surface area contributed by atoms with Crippen LogP contribution >= 0.6 is 23.2 Å². The summed E-state index contributed by atoms with van der Waals surface area (Å²) >= 11 is 11.8. The van der Waals surface area contributed by atoms with E-state index in [9.17, 15) is 4.79 Å². The molecule has 0 bridgehead atoms. The van der Waals surface area contributed by atoms with E-state index < -0.39 is 0 Å². The van der Waals surface area contributed by atoms with E-state index in [-0.39, 0.29) is 5.91 Å². The number of carbonyl (C=O) groups excluding carboxylic acids is 1. The van der Waals surface area contributed by atoms with Crippen molar-refractivity contribution in [3.63, 3.8) is 0 Å². The molecule has 1 aliphatic rings. The predicted octanol–water partition coefficient (Wildman–Crippen LogP) is 3.59. The first-order chi connectivity index (χ1) is 10.1. The van der Waals surface area contributed by atoms with Crippen molar-refractivity contribution in [1.29, 1.82) is 0 Å². The average Bonchev–Trinajstić information content (AvgIpc) is 2.46. The smallest absolute Gasteiger partial charge is 0.272 e. The highest BCUT2D eigenvalue weighted by Gasteiger charge is 2.15. The molecule has 1 amide bonds. The van der Waals surface area contributed by atoms with Crippen LogP contribution in [0.25, 0.3) is 0 Å². The van der Waals surface area contributed by atoms with E-state index in [1.165, 1.54) is 0 Å². The van der Waals surface area contributed by atoms with Gasteiger partial charge in [-0.25, -0.2) is 5.43 Å². The summed E-state index contributed by atoms with van der Waals surface area (Å²) in [5.41, 5.74) is 3.99. The molecule has 1 aromatic carbocycles. The number of amides is 1. The highest BCUT2D eigenvalue weighted by atomic mass is 35.5. The van der Waals surface area contributed by atoms with Gasteiger partial charge in [-0.3, -0.25) is 4.79 Å². The number of nitrogens with one attached hydrogen (secondary N) is 1. The van der Waals surface area contributed by atoms with Crippen LogP contribution in [0.2, 0.25) is 10.0 Å². The Morgan fingerprint density at radius 1 is 1.33 bits per heavy atom. The van der Waals surface area contributed by atoms with E-state index in [0.29, 0.717) is 15.6 Å². The fourth-order valence-electron chi connectivity index (χ4n) is 2.33. The molecule has 2 rings (SSSR count). The van der Waals surface area contributed by atoms with E-state index in [2.05, 4.69) is 22.4 Å². The molecule has 1 aromatic rings. The minimum absolute atomic E-state index is 0.305. The molecule has 0 atom stereocenters. The lowest BCUT2D eigenvalue weighted by Gasteiger charge is -2.26. The summed E-state index contributed by atoms with van der Waals surface area (Å²) in [6.45, 7) is 5.31. The Balaban J connectivity index is 1.90. The number of halogens is 2. The first kappa shape index (κ1) is 16.3. The summed E-state index contributed by atoms with van der Waals surface area (Å²) in [7, 11) is 0. The number of rotatable bonds is 4. The van der Waals surface area contributed by atoms with Crippen LogP contribution in [0.3, 0.4) is 0 Å². The highest BCUT2D eigenvalue weighted by molar-refractivity contribution is 6.36. The Labute approximate surface area is 135 Å². The van der Waals surface area contributed by atoms with Crippen molar-refractivity contribution in [3.8, 4) is 0 Å². The largest absolute Gasteiger partial charge is 0.303 e. The van der Waals surface area contributed by atoms with Crippen LogP contribution in [-0.2, 0) is 0 Å². The number of hydrogen-bond acceptors (Lipinski definition) is 3. The number of hydrazone groups is 1. The standard InChI is InChI=1S/C15H19Cl2N3O/c1-2-7-20-8-5-12(6-9-20)18-19-15(21)13-4-3-11(16)10-14(13)17/h3-4,10H,2,5-9H2,1H3,(H,19,21). The molecule has 6 heteroatoms. The summed E-state index contributed by atoms with van der Waals surface area (Å²) < 4.78 is 0. The molecule has 21 heavy (non-hydrogen) atoms. The van der Waals surface area contributed by atoms with Gasteiger partial charge >= 0.3 is 0 Å². The molecule has 1 aliphatic heterocycles. The molecule has 4 nitrogen and oxygen atoms in total. The Kier molecular flexibility index (Phi) is 6.03. The van der Waals surface area contributed by atoms with Gasteiger partial charge in [0.05, 0.1) is 10.6 Å². The number of benzene rings is 1. The van der Waals surface area contributed by atoms with Crippen LogP contribution < -0.4 is 5.43 Å². The molecule has 1 N–H and O–H groups in total. The van der Waals surface area contributed by atoms with Crippen molar-refractivity contribution in [2.45, 2.75) is 26.2 Å². The summed E-state index contributed by atoms with van der Waals surface area (Å²) in [6.07, 6.45) is 2.96. The molecule has 0 saturated carbocycles. The fraction of sp³-hybridized carbons (Fsp3) is 0.467. The second kappa shape index (κ2) is 7.78. The minimum Gasteiger partial charge on any atom is -0.303 e. The molecule has 1 saturated heterocycles. The van der Waals surface area contributed by atoms with Gasteiger partial charge in [0.15, 0.2) is 0 Å². The zero-order chi connectivity index (χ0) is 15.2. The Morgan fingerprint density at radius 2 is 2.05 bits per heavy atom. The maximum absolute atomic E-state index is 12.0. The molecule has 0 spiro atoms. The monoisotopic (exact) mass is 327 g/mol. The topological polar surface area (TPSA) is 44.7 Å². The molecule has 1 heterocycles. The third-order valence-corrected chi connectivity index (χ3v) is 4.01. The van der Waals surface area contributed by atoms with E-state index in [4.69, 9.17) is 23.2 Å². The van der Waals surface area contributed by atoms with E-state index >= 15 is 0 Å².